The number of rotatable bonds is 0. The molecule has 0 saturated carbocycles. The van der Waals surface area contributed by atoms with Gasteiger partial charge in [0.15, 0.2) is 0 Å². The van der Waals surface area contributed by atoms with Crippen LogP contribution in [0.1, 0.15) is 0 Å². The summed E-state index contributed by atoms with van der Waals surface area (Å²) in [6.45, 7) is 0. The first kappa shape index (κ1) is 56.4. The Morgan fingerprint density at radius 1 is 0.600 bits per heavy atom. The number of hydrogen-bond acceptors (Lipinski definition) is 0. The van der Waals surface area contributed by atoms with E-state index in [1.807, 2.05) is 0 Å². The summed E-state index contributed by atoms with van der Waals surface area (Å²) in [6.07, 6.45) is 0. The van der Waals surface area contributed by atoms with Gasteiger partial charge in [0, 0.05) is 16.5 Å². The SMILES string of the molecule is S.S.[Ni].[SeH2].[SeH2]. The van der Waals surface area contributed by atoms with E-state index in [2.05, 4.69) is 0 Å². The van der Waals surface area contributed by atoms with Gasteiger partial charge in [-0.2, -0.15) is 27.0 Å². The second-order valence-corrected chi connectivity index (χ2v) is 0. The molecule has 0 N–H and O–H groups in total. The van der Waals surface area contributed by atoms with Crippen molar-refractivity contribution in [1.82, 2.24) is 0 Å². The molecule has 0 nitrogen and oxygen atoms in total. The predicted molar refractivity (Wildman–Crippen MR) is 37.9 cm³/mol. The summed E-state index contributed by atoms with van der Waals surface area (Å²) in [5.41, 5.74) is 0. The van der Waals surface area contributed by atoms with Gasteiger partial charge in [-0.05, 0) is 0 Å². The van der Waals surface area contributed by atoms with E-state index in [0.717, 1.165) is 0 Å². The summed E-state index contributed by atoms with van der Waals surface area (Å²) in [4.78, 5) is 0. The third kappa shape index (κ3) is 22.4. The van der Waals surface area contributed by atoms with Crippen LogP contribution in [0.5, 0.6) is 0 Å². The molecule has 0 aliphatic heterocycles. The molecule has 42 valence electrons. The molecule has 0 heterocycles. The van der Waals surface area contributed by atoms with Crippen molar-refractivity contribution in [2.75, 3.05) is 0 Å². The van der Waals surface area contributed by atoms with E-state index in [9.17, 15) is 0 Å². The van der Waals surface area contributed by atoms with Gasteiger partial charge >= 0.3 is 34.1 Å². The van der Waals surface area contributed by atoms with Crippen molar-refractivity contribution in [3.8, 4) is 0 Å². The van der Waals surface area contributed by atoms with Crippen LogP contribution >= 0.6 is 27.0 Å². The summed E-state index contributed by atoms with van der Waals surface area (Å²) >= 11 is 0. The van der Waals surface area contributed by atoms with E-state index in [1.165, 1.54) is 0 Å². The zero-order valence-electron chi connectivity index (χ0n) is 2.32. The maximum atomic E-state index is 0. The van der Waals surface area contributed by atoms with E-state index in [4.69, 9.17) is 0 Å². The summed E-state index contributed by atoms with van der Waals surface area (Å²) in [5, 5.41) is 0. The van der Waals surface area contributed by atoms with Gasteiger partial charge in [0.2, 0.25) is 0 Å². The molecule has 0 unspecified atom stereocenters. The quantitative estimate of drug-likeness (QED) is 0.471. The van der Waals surface area contributed by atoms with Crippen LogP contribution in [0.2, 0.25) is 0 Å². The Kier molecular flexibility index (Phi) is 386. The van der Waals surface area contributed by atoms with Crippen molar-refractivity contribution >= 4 is 61.1 Å². The van der Waals surface area contributed by atoms with Crippen molar-refractivity contribution < 1.29 is 16.5 Å². The minimum atomic E-state index is 0. The standard InChI is InChI=1S/Ni.2H2S.2H2Se/h;4*1H2. The van der Waals surface area contributed by atoms with E-state index < -0.39 is 0 Å². The molecule has 0 aliphatic rings. The van der Waals surface area contributed by atoms with Crippen molar-refractivity contribution in [2.24, 2.45) is 0 Å². The molecule has 0 aromatic heterocycles. The van der Waals surface area contributed by atoms with Crippen molar-refractivity contribution in [3.63, 3.8) is 0 Å². The first-order valence-electron chi connectivity index (χ1n) is 0. The molecular formula is H8NiS2Se2. The van der Waals surface area contributed by atoms with Crippen LogP contribution < -0.4 is 0 Å². The molecule has 5 heteroatoms. The van der Waals surface area contributed by atoms with Gasteiger partial charge in [0.25, 0.3) is 0 Å². The molecule has 0 saturated heterocycles. The topological polar surface area (TPSA) is 0 Å². The van der Waals surface area contributed by atoms with Crippen LogP contribution in [0.15, 0.2) is 0 Å². The average molecular weight is 289 g/mol. The van der Waals surface area contributed by atoms with Gasteiger partial charge in [0.1, 0.15) is 0 Å². The van der Waals surface area contributed by atoms with Crippen molar-refractivity contribution in [3.05, 3.63) is 0 Å². The molecular weight excluding hydrogens is 281 g/mol. The Morgan fingerprint density at radius 2 is 0.600 bits per heavy atom. The van der Waals surface area contributed by atoms with E-state index >= 15 is 0 Å². The fourth-order valence-electron chi connectivity index (χ4n) is 0. The fourth-order valence-corrected chi connectivity index (χ4v) is 0. The summed E-state index contributed by atoms with van der Waals surface area (Å²) in [7, 11) is 0. The molecule has 0 aromatic rings. The van der Waals surface area contributed by atoms with Crippen LogP contribution in [0, 0.1) is 0 Å². The van der Waals surface area contributed by atoms with Crippen molar-refractivity contribution in [2.45, 2.75) is 0 Å². The van der Waals surface area contributed by atoms with Crippen LogP contribution in [-0.2, 0) is 16.5 Å². The van der Waals surface area contributed by atoms with Crippen molar-refractivity contribution in [1.29, 1.82) is 0 Å². The Morgan fingerprint density at radius 3 is 0.600 bits per heavy atom. The van der Waals surface area contributed by atoms with Gasteiger partial charge in [0.05, 0.1) is 0 Å². The Bertz CT molecular complexity index is 7.61. The van der Waals surface area contributed by atoms with Gasteiger partial charge in [-0.25, -0.2) is 0 Å². The molecule has 5 heavy (non-hydrogen) atoms. The predicted octanol–water partition coefficient (Wildman–Crippen LogP) is -1.61. The zero-order chi connectivity index (χ0) is 0. The zero-order valence-corrected chi connectivity index (χ0v) is 9.50. The molecule has 0 fully saturated rings. The third-order valence-corrected chi connectivity index (χ3v) is 0. The molecule has 0 radical (unpaired) electrons. The monoisotopic (exact) mass is 290 g/mol. The Hall–Kier alpha value is 2.23. The van der Waals surface area contributed by atoms with Crippen LogP contribution in [0.3, 0.4) is 0 Å². The first-order valence-corrected chi connectivity index (χ1v) is 0. The second-order valence-electron chi connectivity index (χ2n) is 0. The third-order valence-electron chi connectivity index (χ3n) is 0. The van der Waals surface area contributed by atoms with Gasteiger partial charge in [-0.1, -0.05) is 0 Å². The van der Waals surface area contributed by atoms with Gasteiger partial charge in [-0.15, -0.1) is 0 Å². The van der Waals surface area contributed by atoms with E-state index in [0.29, 0.717) is 0 Å². The molecule has 0 rings (SSSR count). The van der Waals surface area contributed by atoms with Gasteiger partial charge in [-0.3, -0.25) is 0 Å². The average Bonchev–Trinajstić information content (AvgIpc) is 0. The maximum absolute atomic E-state index is 0. The number of hydrogen-bond donors (Lipinski definition) is 0. The second kappa shape index (κ2) is 34.2. The van der Waals surface area contributed by atoms with E-state index in [1.54, 1.807) is 0 Å². The Labute approximate surface area is 77.0 Å². The summed E-state index contributed by atoms with van der Waals surface area (Å²) < 4.78 is 0. The summed E-state index contributed by atoms with van der Waals surface area (Å²) in [6, 6.07) is 0. The van der Waals surface area contributed by atoms with Gasteiger partial charge < -0.3 is 0 Å². The fraction of sp³-hybridized carbons (Fsp3) is 0. The van der Waals surface area contributed by atoms with Crippen LogP contribution in [-0.4, -0.2) is 34.1 Å². The Balaban J connectivity index is 0. The van der Waals surface area contributed by atoms with Crippen LogP contribution in [0.25, 0.3) is 0 Å². The molecule has 0 aromatic carbocycles. The normalized spacial score (nSPS) is 0. The molecule has 0 atom stereocenters. The molecule has 0 amide bonds. The molecule has 0 bridgehead atoms. The molecule has 0 aliphatic carbocycles. The first-order chi connectivity index (χ1) is 0. The minimum absolute atomic E-state index is 0. The van der Waals surface area contributed by atoms with Crippen LogP contribution in [0.4, 0.5) is 0 Å². The summed E-state index contributed by atoms with van der Waals surface area (Å²) in [5.74, 6) is 0. The van der Waals surface area contributed by atoms with E-state index in [-0.39, 0.29) is 77.6 Å². The molecule has 0 spiro atoms.